The van der Waals surface area contributed by atoms with Crippen molar-refractivity contribution in [3.63, 3.8) is 0 Å². The van der Waals surface area contributed by atoms with Crippen LogP contribution >= 0.6 is 0 Å². The van der Waals surface area contributed by atoms with E-state index >= 15 is 0 Å². The number of amides is 1. The van der Waals surface area contributed by atoms with Gasteiger partial charge in [-0.3, -0.25) is 4.79 Å². The maximum absolute atomic E-state index is 13.0. The molecule has 0 bridgehead atoms. The molecular weight excluding hydrogens is 381 g/mol. The van der Waals surface area contributed by atoms with Crippen LogP contribution in [-0.4, -0.2) is 42.6 Å². The fraction of sp³-hybridized carbons (Fsp3) is 0.682. The van der Waals surface area contributed by atoms with E-state index < -0.39 is 11.7 Å². The molecule has 0 saturated carbocycles. The van der Waals surface area contributed by atoms with Crippen LogP contribution in [0.1, 0.15) is 56.2 Å². The molecule has 0 radical (unpaired) electrons. The van der Waals surface area contributed by atoms with Crippen LogP contribution in [-0.2, 0) is 28.7 Å². The molecule has 29 heavy (non-hydrogen) atoms. The number of alkyl halides is 3. The zero-order chi connectivity index (χ0) is 21.0. The third-order valence-electron chi connectivity index (χ3n) is 6.05. The first-order valence-corrected chi connectivity index (χ1v) is 10.6. The van der Waals surface area contributed by atoms with Crippen molar-refractivity contribution < 1.29 is 22.7 Å². The molecule has 2 aliphatic rings. The van der Waals surface area contributed by atoms with Crippen LogP contribution in [0.25, 0.3) is 0 Å². The number of carbonyl (C=O) groups is 1. The molecule has 1 N–H and O–H groups in total. The minimum absolute atomic E-state index is 0.0336. The highest BCUT2D eigenvalue weighted by Crippen LogP contribution is 2.32. The van der Waals surface area contributed by atoms with Gasteiger partial charge in [0, 0.05) is 44.3 Å². The molecule has 0 aromatic heterocycles. The second-order valence-corrected chi connectivity index (χ2v) is 8.42. The fourth-order valence-electron chi connectivity index (χ4n) is 4.21. The van der Waals surface area contributed by atoms with Crippen molar-refractivity contribution in [2.75, 3.05) is 19.8 Å². The second kappa shape index (κ2) is 9.47. The van der Waals surface area contributed by atoms with Gasteiger partial charge in [-0.1, -0.05) is 13.0 Å². The van der Waals surface area contributed by atoms with Crippen molar-refractivity contribution in [1.29, 1.82) is 0 Å². The molecule has 1 aromatic carbocycles. The Bertz CT molecular complexity index is 702. The molecule has 2 aliphatic heterocycles. The van der Waals surface area contributed by atoms with Gasteiger partial charge >= 0.3 is 6.18 Å². The Kier molecular flexibility index (Phi) is 7.22. The molecule has 2 atom stereocenters. The van der Waals surface area contributed by atoms with E-state index in [2.05, 4.69) is 12.2 Å². The van der Waals surface area contributed by atoms with Gasteiger partial charge in [-0.2, -0.15) is 13.2 Å². The number of hydrogen-bond donors (Lipinski definition) is 1. The van der Waals surface area contributed by atoms with Gasteiger partial charge in [-0.15, -0.1) is 0 Å². The number of nitrogens with zero attached hydrogens (tertiary/aromatic N) is 1. The van der Waals surface area contributed by atoms with Crippen molar-refractivity contribution in [3.05, 3.63) is 34.9 Å². The number of hydrogen-bond acceptors (Lipinski definition) is 3. The van der Waals surface area contributed by atoms with Crippen LogP contribution < -0.4 is 5.32 Å². The van der Waals surface area contributed by atoms with E-state index in [1.165, 1.54) is 6.07 Å². The highest BCUT2D eigenvalue weighted by molar-refractivity contribution is 5.78. The minimum atomic E-state index is -4.36. The number of benzene rings is 1. The summed E-state index contributed by atoms with van der Waals surface area (Å²) in [6.07, 6.45) is -0.0528. The Morgan fingerprint density at radius 2 is 1.93 bits per heavy atom. The van der Waals surface area contributed by atoms with Gasteiger partial charge in [0.05, 0.1) is 5.56 Å². The number of rotatable bonds is 6. The third kappa shape index (κ3) is 5.95. The minimum Gasteiger partial charge on any atom is -0.381 e. The number of nitrogens with one attached hydrogen (secondary N) is 1. The number of ether oxygens (including phenoxy) is 1. The van der Waals surface area contributed by atoms with E-state index in [4.69, 9.17) is 4.74 Å². The zero-order valence-corrected chi connectivity index (χ0v) is 17.2. The van der Waals surface area contributed by atoms with Crippen LogP contribution in [0.5, 0.6) is 0 Å². The molecule has 1 aromatic rings. The topological polar surface area (TPSA) is 41.6 Å². The monoisotopic (exact) mass is 412 g/mol. The first kappa shape index (κ1) is 22.1. The summed E-state index contributed by atoms with van der Waals surface area (Å²) >= 11 is 0. The molecular formula is C22H31F3N2O2. The second-order valence-electron chi connectivity index (χ2n) is 8.42. The van der Waals surface area contributed by atoms with E-state index in [0.29, 0.717) is 30.6 Å². The van der Waals surface area contributed by atoms with Gasteiger partial charge in [-0.05, 0) is 62.3 Å². The molecule has 7 heteroatoms. The van der Waals surface area contributed by atoms with Crippen molar-refractivity contribution >= 4 is 5.91 Å². The lowest BCUT2D eigenvalue weighted by atomic mass is 9.94. The maximum Gasteiger partial charge on any atom is 0.416 e. The molecule has 0 aliphatic carbocycles. The first-order chi connectivity index (χ1) is 13.7. The number of carbonyl (C=O) groups excluding carboxylic acids is 1. The molecule has 3 rings (SSSR count). The molecule has 1 unspecified atom stereocenters. The quantitative estimate of drug-likeness (QED) is 0.763. The Labute approximate surface area is 170 Å². The lowest BCUT2D eigenvalue weighted by Gasteiger charge is -2.32. The predicted octanol–water partition coefficient (Wildman–Crippen LogP) is 4.16. The summed E-state index contributed by atoms with van der Waals surface area (Å²) in [6.45, 7) is 6.49. The summed E-state index contributed by atoms with van der Waals surface area (Å²) in [5.41, 5.74) is 0.872. The van der Waals surface area contributed by atoms with Gasteiger partial charge in [0.1, 0.15) is 0 Å². The summed E-state index contributed by atoms with van der Waals surface area (Å²) < 4.78 is 44.4. The molecule has 1 amide bonds. The molecule has 0 spiro atoms. The third-order valence-corrected chi connectivity index (χ3v) is 6.05. The van der Waals surface area contributed by atoms with E-state index in [9.17, 15) is 18.0 Å². The van der Waals surface area contributed by atoms with E-state index in [-0.39, 0.29) is 18.4 Å². The highest BCUT2D eigenvalue weighted by atomic mass is 19.4. The van der Waals surface area contributed by atoms with Crippen LogP contribution in [0.2, 0.25) is 0 Å². The smallest absolute Gasteiger partial charge is 0.381 e. The van der Waals surface area contributed by atoms with Crippen LogP contribution in [0.15, 0.2) is 18.2 Å². The van der Waals surface area contributed by atoms with Gasteiger partial charge < -0.3 is 15.0 Å². The number of fused-ring (bicyclic) bond motifs is 1. The van der Waals surface area contributed by atoms with E-state index in [0.717, 1.165) is 50.5 Å². The summed E-state index contributed by atoms with van der Waals surface area (Å²) in [4.78, 5) is 14.6. The summed E-state index contributed by atoms with van der Waals surface area (Å²) in [5.74, 6) is -0.104. The molecule has 1 saturated heterocycles. The van der Waals surface area contributed by atoms with Gasteiger partial charge in [0.2, 0.25) is 5.91 Å². The Hall–Kier alpha value is -1.60. The van der Waals surface area contributed by atoms with Gasteiger partial charge in [-0.25, -0.2) is 0 Å². The Morgan fingerprint density at radius 1 is 1.21 bits per heavy atom. The van der Waals surface area contributed by atoms with Crippen LogP contribution in [0.3, 0.4) is 0 Å². The largest absolute Gasteiger partial charge is 0.416 e. The molecule has 1 fully saturated rings. The average Bonchev–Trinajstić information content (AvgIpc) is 2.70. The number of halogens is 3. The lowest BCUT2D eigenvalue weighted by molar-refractivity contribution is -0.137. The average molecular weight is 412 g/mol. The molecule has 4 nitrogen and oxygen atoms in total. The van der Waals surface area contributed by atoms with Crippen molar-refractivity contribution in [2.24, 2.45) is 5.92 Å². The SMILES string of the molecule is CC(CC[C@H](C)NC1CCOCC1)C(=O)N1CCc2ccc(C(F)(F)F)cc2C1. The van der Waals surface area contributed by atoms with Crippen molar-refractivity contribution in [3.8, 4) is 0 Å². The Balaban J connectivity index is 1.51. The fourth-order valence-corrected chi connectivity index (χ4v) is 4.21. The summed E-state index contributed by atoms with van der Waals surface area (Å²) in [5, 5.41) is 3.61. The Morgan fingerprint density at radius 3 is 2.62 bits per heavy atom. The van der Waals surface area contributed by atoms with Gasteiger partial charge in [0.25, 0.3) is 0 Å². The van der Waals surface area contributed by atoms with Crippen LogP contribution in [0.4, 0.5) is 13.2 Å². The normalized spacial score (nSPS) is 20.2. The van der Waals surface area contributed by atoms with Crippen molar-refractivity contribution in [2.45, 2.75) is 70.8 Å². The van der Waals surface area contributed by atoms with Crippen LogP contribution in [0, 0.1) is 5.92 Å². The molecule has 2 heterocycles. The predicted molar refractivity (Wildman–Crippen MR) is 105 cm³/mol. The van der Waals surface area contributed by atoms with Crippen molar-refractivity contribution in [1.82, 2.24) is 10.2 Å². The summed E-state index contributed by atoms with van der Waals surface area (Å²) in [7, 11) is 0. The summed E-state index contributed by atoms with van der Waals surface area (Å²) in [6, 6.07) is 4.67. The lowest BCUT2D eigenvalue weighted by Crippen LogP contribution is -2.41. The zero-order valence-electron chi connectivity index (χ0n) is 17.2. The van der Waals surface area contributed by atoms with E-state index in [1.54, 1.807) is 11.0 Å². The maximum atomic E-state index is 13.0. The van der Waals surface area contributed by atoms with E-state index in [1.807, 2.05) is 6.92 Å². The van der Waals surface area contributed by atoms with Gasteiger partial charge in [0.15, 0.2) is 0 Å². The standard InChI is InChI=1S/C22H31F3N2O2/c1-15(3-4-16(2)26-20-8-11-29-12-9-20)21(28)27-10-7-17-5-6-19(22(23,24)25)13-18(17)14-27/h5-6,13,15-16,20,26H,3-4,7-12,14H2,1-2H3/t15?,16-/m0/s1. The highest BCUT2D eigenvalue weighted by Gasteiger charge is 2.32. The first-order valence-electron chi connectivity index (χ1n) is 10.6. The molecule has 162 valence electrons.